The molecule has 0 saturated carbocycles. The van der Waals surface area contributed by atoms with E-state index < -0.39 is 22.7 Å². The minimum absolute atomic E-state index is 0.0360. The van der Waals surface area contributed by atoms with Gasteiger partial charge < -0.3 is 15.0 Å². The summed E-state index contributed by atoms with van der Waals surface area (Å²) in [5.74, 6) is -1.96. The highest BCUT2D eigenvalue weighted by Gasteiger charge is 2.32. The van der Waals surface area contributed by atoms with Crippen molar-refractivity contribution in [3.63, 3.8) is 0 Å². The molecule has 1 aliphatic heterocycles. The van der Waals surface area contributed by atoms with Gasteiger partial charge in [-0.05, 0) is 30.8 Å². The van der Waals surface area contributed by atoms with Crippen molar-refractivity contribution in [3.05, 3.63) is 22.4 Å². The lowest BCUT2D eigenvalue weighted by Crippen LogP contribution is -2.31. The molecule has 120 valence electrons. The molecule has 1 heterocycles. The Hall–Kier alpha value is -2.58. The van der Waals surface area contributed by atoms with Gasteiger partial charge in [0.2, 0.25) is 0 Å². The average molecular weight is 311 g/mol. The molecule has 1 fully saturated rings. The van der Waals surface area contributed by atoms with E-state index in [9.17, 15) is 24.5 Å². The largest absolute Gasteiger partial charge is 0.358 e. The normalized spacial score (nSPS) is 15.7. The lowest BCUT2D eigenvalue weighted by Gasteiger charge is -2.12. The van der Waals surface area contributed by atoms with Gasteiger partial charge in [-0.25, -0.2) is 4.79 Å². The highest BCUT2D eigenvalue weighted by atomic mass is 16.7. The van der Waals surface area contributed by atoms with Crippen LogP contribution in [0.1, 0.15) is 45.4 Å². The number of carbonyl (C=O) groups excluding carboxylic acids is 3. The Kier molecular flexibility index (Phi) is 6.87. The molecule has 0 N–H and O–H groups in total. The zero-order valence-electron chi connectivity index (χ0n) is 12.2. The van der Waals surface area contributed by atoms with Crippen LogP contribution in [0.3, 0.4) is 0 Å². The first-order valence-corrected chi connectivity index (χ1v) is 6.84. The van der Waals surface area contributed by atoms with E-state index in [4.69, 9.17) is 0 Å². The fraction of sp³-hybridized carbons (Fsp3) is 0.538. The van der Waals surface area contributed by atoms with E-state index in [-0.39, 0.29) is 31.5 Å². The number of hydrogen-bond donors (Lipinski definition) is 0. The van der Waals surface area contributed by atoms with E-state index in [2.05, 4.69) is 9.83 Å². The molecule has 22 heavy (non-hydrogen) atoms. The Labute approximate surface area is 126 Å². The molecule has 0 aromatic heterocycles. The molecule has 0 radical (unpaired) electrons. The zero-order chi connectivity index (χ0) is 16.5. The summed E-state index contributed by atoms with van der Waals surface area (Å²) in [4.78, 5) is 52.5. The third-order valence-corrected chi connectivity index (χ3v) is 2.81. The summed E-state index contributed by atoms with van der Waals surface area (Å²) in [5, 5.41) is 11.2. The van der Waals surface area contributed by atoms with Gasteiger partial charge in [0.05, 0.1) is 6.42 Å². The molecular formula is C13H17N3O6. The van der Waals surface area contributed by atoms with Crippen molar-refractivity contribution in [3.8, 4) is 0 Å². The van der Waals surface area contributed by atoms with Gasteiger partial charge in [0, 0.05) is 19.3 Å². The molecule has 0 bridgehead atoms. The number of nitrogens with zero attached hydrogens (tertiary/aromatic N) is 3. The molecule has 0 atom stereocenters. The van der Waals surface area contributed by atoms with E-state index in [1.807, 2.05) is 0 Å². The van der Waals surface area contributed by atoms with Crippen molar-refractivity contribution in [2.75, 3.05) is 0 Å². The monoisotopic (exact) mass is 311 g/mol. The fourth-order valence-electron chi connectivity index (χ4n) is 1.72. The molecule has 9 heteroatoms. The Morgan fingerprint density at radius 2 is 1.91 bits per heavy atom. The minimum Gasteiger partial charge on any atom is -0.358 e. The van der Waals surface area contributed by atoms with Gasteiger partial charge in [0.1, 0.15) is 6.20 Å². The molecule has 2 amide bonds. The molecule has 0 spiro atoms. The van der Waals surface area contributed by atoms with Crippen molar-refractivity contribution in [2.24, 2.45) is 4.99 Å². The van der Waals surface area contributed by atoms with Crippen LogP contribution in [0, 0.1) is 10.1 Å². The second-order valence-corrected chi connectivity index (χ2v) is 4.54. The molecule has 0 aromatic rings. The molecule has 9 nitrogen and oxygen atoms in total. The Morgan fingerprint density at radius 3 is 2.45 bits per heavy atom. The number of imide groups is 1. The fourth-order valence-corrected chi connectivity index (χ4v) is 1.72. The van der Waals surface area contributed by atoms with Gasteiger partial charge in [-0.2, -0.15) is 0 Å². The minimum atomic E-state index is -0.711. The first-order valence-electron chi connectivity index (χ1n) is 6.84. The number of amides is 2. The number of hydrogen-bond acceptors (Lipinski definition) is 7. The molecule has 1 aliphatic rings. The number of allylic oxidation sites excluding steroid dienone is 1. The molecule has 0 aromatic carbocycles. The smallest absolute Gasteiger partial charge is 0.338 e. The second-order valence-electron chi connectivity index (χ2n) is 4.54. The third kappa shape index (κ3) is 5.43. The summed E-state index contributed by atoms with van der Waals surface area (Å²) in [6.07, 6.45) is 3.77. The van der Waals surface area contributed by atoms with Gasteiger partial charge in [0.15, 0.2) is 0 Å². The molecule has 0 unspecified atom stereocenters. The van der Waals surface area contributed by atoms with E-state index >= 15 is 0 Å². The van der Waals surface area contributed by atoms with Gasteiger partial charge in [-0.15, -0.1) is 5.06 Å². The Bertz CT molecular complexity index is 510. The highest BCUT2D eigenvalue weighted by Crippen LogP contribution is 2.13. The van der Waals surface area contributed by atoms with Crippen LogP contribution in [0.2, 0.25) is 0 Å². The SMILES string of the molecule is C/C=C\N=C(/CCCCC(=O)ON1C(=O)CCC1=O)[N+](=O)[O-]. The van der Waals surface area contributed by atoms with Crippen LogP contribution >= 0.6 is 0 Å². The van der Waals surface area contributed by atoms with Crippen LogP contribution in [-0.4, -0.2) is 33.6 Å². The van der Waals surface area contributed by atoms with Crippen LogP contribution in [0.5, 0.6) is 0 Å². The maximum absolute atomic E-state index is 11.5. The standard InChI is InChI=1S/C13H17N3O6/c1-2-9-14-10(16(20)21)5-3-4-6-13(19)22-15-11(17)7-8-12(15)18/h2,9H,3-8H2,1H3/b9-2-,14-10+. The first kappa shape index (κ1) is 17.5. The predicted octanol–water partition coefficient (Wildman–Crippen LogP) is 1.36. The molecule has 0 aliphatic carbocycles. The predicted molar refractivity (Wildman–Crippen MR) is 74.9 cm³/mol. The van der Waals surface area contributed by atoms with Crippen LogP contribution in [0.25, 0.3) is 0 Å². The summed E-state index contributed by atoms with van der Waals surface area (Å²) >= 11 is 0. The van der Waals surface area contributed by atoms with Crippen molar-refractivity contribution in [1.29, 1.82) is 0 Å². The molecular weight excluding hydrogens is 294 g/mol. The topological polar surface area (TPSA) is 119 Å². The van der Waals surface area contributed by atoms with Gasteiger partial charge in [0.25, 0.3) is 11.8 Å². The lowest BCUT2D eigenvalue weighted by molar-refractivity contribution is -0.353. The Balaban J connectivity index is 2.31. The third-order valence-electron chi connectivity index (χ3n) is 2.81. The molecule has 1 saturated heterocycles. The van der Waals surface area contributed by atoms with E-state index in [0.29, 0.717) is 17.9 Å². The maximum atomic E-state index is 11.5. The van der Waals surface area contributed by atoms with E-state index in [1.165, 1.54) is 6.20 Å². The van der Waals surface area contributed by atoms with Crippen molar-refractivity contribution in [2.45, 2.75) is 45.4 Å². The van der Waals surface area contributed by atoms with Gasteiger partial charge in [-0.3, -0.25) is 9.59 Å². The first-order chi connectivity index (χ1) is 10.5. The summed E-state index contributed by atoms with van der Waals surface area (Å²) in [7, 11) is 0. The number of rotatable bonds is 7. The summed E-state index contributed by atoms with van der Waals surface area (Å²) in [5.41, 5.74) is 0. The van der Waals surface area contributed by atoms with Crippen LogP contribution in [0.15, 0.2) is 17.3 Å². The second kappa shape index (κ2) is 8.65. The average Bonchev–Trinajstić information content (AvgIpc) is 2.78. The zero-order valence-corrected chi connectivity index (χ0v) is 12.2. The van der Waals surface area contributed by atoms with Crippen LogP contribution in [-0.2, 0) is 19.2 Å². The van der Waals surface area contributed by atoms with Crippen molar-refractivity contribution < 1.29 is 24.1 Å². The number of hydroxylamine groups is 2. The van der Waals surface area contributed by atoms with Crippen LogP contribution in [0.4, 0.5) is 0 Å². The van der Waals surface area contributed by atoms with E-state index in [0.717, 1.165) is 0 Å². The van der Waals surface area contributed by atoms with Gasteiger partial charge in [-0.1, -0.05) is 4.99 Å². The number of carbonyl (C=O) groups is 3. The summed E-state index contributed by atoms with van der Waals surface area (Å²) < 4.78 is 0. The van der Waals surface area contributed by atoms with Crippen LogP contribution < -0.4 is 0 Å². The quantitative estimate of drug-likeness (QED) is 0.175. The lowest BCUT2D eigenvalue weighted by atomic mass is 10.2. The highest BCUT2D eigenvalue weighted by molar-refractivity contribution is 6.01. The van der Waals surface area contributed by atoms with Crippen molar-refractivity contribution >= 4 is 23.6 Å². The van der Waals surface area contributed by atoms with Gasteiger partial charge >= 0.3 is 11.8 Å². The summed E-state index contributed by atoms with van der Waals surface area (Å²) in [6, 6.07) is 0. The maximum Gasteiger partial charge on any atom is 0.338 e. The van der Waals surface area contributed by atoms with E-state index in [1.54, 1.807) is 13.0 Å². The van der Waals surface area contributed by atoms with Crippen molar-refractivity contribution in [1.82, 2.24) is 5.06 Å². The number of unbranched alkanes of at least 4 members (excludes halogenated alkanes) is 1. The number of amidine groups is 1. The summed E-state index contributed by atoms with van der Waals surface area (Å²) in [6.45, 7) is 1.69. The number of nitro groups is 1. The number of aliphatic imine (C=N–C) groups is 1. The Morgan fingerprint density at radius 1 is 1.32 bits per heavy atom. The molecule has 1 rings (SSSR count).